The molecule has 1 aromatic heterocycles. The number of aryl methyl sites for hydroxylation is 1. The van der Waals surface area contributed by atoms with E-state index in [1.54, 1.807) is 12.3 Å². The molecular weight excluding hydrogens is 229 g/mol. The topological polar surface area (TPSA) is 50.9 Å². The number of nitrogens with zero attached hydrogens (tertiary/aromatic N) is 1. The Bertz CT molecular complexity index is 528. The first-order valence-electron chi connectivity index (χ1n) is 5.83. The smallest absolute Gasteiger partial charge is 0.123 e. The molecule has 4 heteroatoms. The Hall–Kier alpha value is -1.78. The number of pyridine rings is 1. The molecule has 0 radical (unpaired) electrons. The zero-order chi connectivity index (χ0) is 13.0. The lowest BCUT2D eigenvalue weighted by Gasteiger charge is -2.17. The molecule has 1 atom stereocenters. The molecule has 2 rings (SSSR count). The minimum absolute atomic E-state index is 0.118. The van der Waals surface area contributed by atoms with E-state index in [1.807, 2.05) is 25.1 Å². The van der Waals surface area contributed by atoms with E-state index in [1.165, 1.54) is 12.1 Å². The number of hydrogen-bond acceptors (Lipinski definition) is 3. The van der Waals surface area contributed by atoms with Crippen molar-refractivity contribution >= 4 is 0 Å². The molecule has 0 bridgehead atoms. The molecule has 3 nitrogen and oxygen atoms in total. The lowest BCUT2D eigenvalue weighted by Crippen LogP contribution is -2.30. The number of benzene rings is 1. The normalized spacial score (nSPS) is 12.4. The monoisotopic (exact) mass is 245 g/mol. The molecule has 1 heterocycles. The first kappa shape index (κ1) is 12.7. The van der Waals surface area contributed by atoms with Gasteiger partial charge < -0.3 is 0 Å². The van der Waals surface area contributed by atoms with Crippen LogP contribution in [-0.4, -0.2) is 4.98 Å². The van der Waals surface area contributed by atoms with Crippen LogP contribution >= 0.6 is 0 Å². The summed E-state index contributed by atoms with van der Waals surface area (Å²) in [6.45, 7) is 1.98. The highest BCUT2D eigenvalue weighted by molar-refractivity contribution is 5.25. The Labute approximate surface area is 106 Å². The number of halogens is 1. The number of hydrazine groups is 1. The van der Waals surface area contributed by atoms with Gasteiger partial charge in [0.2, 0.25) is 0 Å². The second-order valence-electron chi connectivity index (χ2n) is 4.26. The average Bonchev–Trinajstić information content (AvgIpc) is 2.37. The Morgan fingerprint density at radius 1 is 1.33 bits per heavy atom. The summed E-state index contributed by atoms with van der Waals surface area (Å²) in [5.41, 5.74) is 5.59. The fourth-order valence-electron chi connectivity index (χ4n) is 2.00. The fourth-order valence-corrected chi connectivity index (χ4v) is 2.00. The molecule has 1 aromatic carbocycles. The van der Waals surface area contributed by atoms with Crippen LogP contribution in [0.3, 0.4) is 0 Å². The van der Waals surface area contributed by atoms with Crippen molar-refractivity contribution in [2.45, 2.75) is 19.4 Å². The van der Waals surface area contributed by atoms with Gasteiger partial charge in [0.05, 0.1) is 11.7 Å². The van der Waals surface area contributed by atoms with Crippen LogP contribution in [0.15, 0.2) is 42.6 Å². The van der Waals surface area contributed by atoms with Gasteiger partial charge in [-0.1, -0.05) is 18.2 Å². The number of nitrogens with two attached hydrogens (primary N) is 1. The number of hydrogen-bond donors (Lipinski definition) is 2. The predicted molar refractivity (Wildman–Crippen MR) is 69.1 cm³/mol. The lowest BCUT2D eigenvalue weighted by atomic mass is 10.0. The van der Waals surface area contributed by atoms with E-state index < -0.39 is 0 Å². The third kappa shape index (κ3) is 2.91. The van der Waals surface area contributed by atoms with Gasteiger partial charge in [0, 0.05) is 6.20 Å². The summed E-state index contributed by atoms with van der Waals surface area (Å²) in [5.74, 6) is 5.34. The zero-order valence-electron chi connectivity index (χ0n) is 10.2. The minimum atomic E-state index is -0.235. The van der Waals surface area contributed by atoms with E-state index >= 15 is 0 Å². The molecule has 94 valence electrons. The van der Waals surface area contributed by atoms with E-state index in [0.29, 0.717) is 6.42 Å². The molecule has 3 N–H and O–H groups in total. The number of aromatic nitrogens is 1. The van der Waals surface area contributed by atoms with Gasteiger partial charge in [0.25, 0.3) is 0 Å². The molecule has 0 aliphatic heterocycles. The Morgan fingerprint density at radius 3 is 2.83 bits per heavy atom. The number of rotatable bonds is 4. The maximum Gasteiger partial charge on any atom is 0.123 e. The zero-order valence-corrected chi connectivity index (χ0v) is 10.2. The van der Waals surface area contributed by atoms with Gasteiger partial charge in [-0.05, 0) is 42.7 Å². The summed E-state index contributed by atoms with van der Waals surface area (Å²) < 4.78 is 13.1. The van der Waals surface area contributed by atoms with Crippen LogP contribution in [0.25, 0.3) is 0 Å². The largest absolute Gasteiger partial charge is 0.271 e. The van der Waals surface area contributed by atoms with Gasteiger partial charge in [-0.15, -0.1) is 0 Å². The van der Waals surface area contributed by atoms with Gasteiger partial charge in [-0.2, -0.15) is 0 Å². The second-order valence-corrected chi connectivity index (χ2v) is 4.26. The first-order valence-corrected chi connectivity index (χ1v) is 5.83. The van der Waals surface area contributed by atoms with Crippen molar-refractivity contribution in [3.8, 4) is 0 Å². The van der Waals surface area contributed by atoms with Gasteiger partial charge in [0.15, 0.2) is 0 Å². The van der Waals surface area contributed by atoms with Crippen LogP contribution in [0.4, 0.5) is 4.39 Å². The van der Waals surface area contributed by atoms with Gasteiger partial charge in [-0.3, -0.25) is 16.3 Å². The quantitative estimate of drug-likeness (QED) is 0.642. The molecule has 0 amide bonds. The average molecular weight is 245 g/mol. The molecule has 2 aromatic rings. The van der Waals surface area contributed by atoms with Gasteiger partial charge in [-0.25, -0.2) is 4.39 Å². The molecule has 0 fully saturated rings. The van der Waals surface area contributed by atoms with E-state index in [0.717, 1.165) is 16.8 Å². The van der Waals surface area contributed by atoms with Crippen molar-refractivity contribution in [2.24, 2.45) is 5.84 Å². The molecule has 0 saturated heterocycles. The maximum absolute atomic E-state index is 13.1. The van der Waals surface area contributed by atoms with Crippen LogP contribution in [-0.2, 0) is 6.42 Å². The van der Waals surface area contributed by atoms with Crippen molar-refractivity contribution in [2.75, 3.05) is 0 Å². The first-order chi connectivity index (χ1) is 8.70. The van der Waals surface area contributed by atoms with Crippen molar-refractivity contribution in [3.63, 3.8) is 0 Å². The van der Waals surface area contributed by atoms with Gasteiger partial charge >= 0.3 is 0 Å². The summed E-state index contributed by atoms with van der Waals surface area (Å²) in [6.07, 6.45) is 2.34. The van der Waals surface area contributed by atoms with Crippen LogP contribution in [0, 0.1) is 12.7 Å². The highest BCUT2D eigenvalue weighted by Crippen LogP contribution is 2.19. The Morgan fingerprint density at radius 2 is 2.17 bits per heavy atom. The third-order valence-electron chi connectivity index (χ3n) is 2.91. The van der Waals surface area contributed by atoms with Crippen LogP contribution in [0.2, 0.25) is 0 Å². The molecular formula is C14H16FN3. The van der Waals surface area contributed by atoms with E-state index in [9.17, 15) is 4.39 Å². The summed E-state index contributed by atoms with van der Waals surface area (Å²) in [6, 6.07) is 10.3. The van der Waals surface area contributed by atoms with Crippen LogP contribution in [0.1, 0.15) is 22.9 Å². The lowest BCUT2D eigenvalue weighted by molar-refractivity contribution is 0.533. The number of nitrogens with one attached hydrogen (secondary N) is 1. The van der Waals surface area contributed by atoms with E-state index in [2.05, 4.69) is 10.4 Å². The Kier molecular flexibility index (Phi) is 4.02. The molecule has 1 unspecified atom stereocenters. The van der Waals surface area contributed by atoms with Crippen molar-refractivity contribution < 1.29 is 4.39 Å². The van der Waals surface area contributed by atoms with E-state index in [4.69, 9.17) is 5.84 Å². The van der Waals surface area contributed by atoms with Crippen molar-refractivity contribution in [3.05, 3.63) is 65.2 Å². The third-order valence-corrected chi connectivity index (χ3v) is 2.91. The second kappa shape index (κ2) is 5.71. The molecule has 0 saturated carbocycles. The summed E-state index contributed by atoms with van der Waals surface area (Å²) in [4.78, 5) is 4.33. The molecule has 0 spiro atoms. The van der Waals surface area contributed by atoms with Crippen molar-refractivity contribution in [1.29, 1.82) is 0 Å². The van der Waals surface area contributed by atoms with Gasteiger partial charge in [0.1, 0.15) is 5.82 Å². The minimum Gasteiger partial charge on any atom is -0.271 e. The standard InChI is InChI=1S/C14H16FN3/c1-10-4-3-7-17-14(10)13(18-16)9-11-5-2-6-12(15)8-11/h2-8,13,18H,9,16H2,1H3. The summed E-state index contributed by atoms with van der Waals surface area (Å²) >= 11 is 0. The predicted octanol–water partition coefficient (Wildman–Crippen LogP) is 2.28. The highest BCUT2D eigenvalue weighted by atomic mass is 19.1. The molecule has 0 aliphatic carbocycles. The highest BCUT2D eigenvalue weighted by Gasteiger charge is 2.14. The van der Waals surface area contributed by atoms with E-state index in [-0.39, 0.29) is 11.9 Å². The Balaban J connectivity index is 2.23. The summed E-state index contributed by atoms with van der Waals surface area (Å²) in [5, 5.41) is 0. The van der Waals surface area contributed by atoms with Crippen LogP contribution in [0.5, 0.6) is 0 Å². The molecule has 18 heavy (non-hydrogen) atoms. The van der Waals surface area contributed by atoms with Crippen LogP contribution < -0.4 is 11.3 Å². The molecule has 0 aliphatic rings. The fraction of sp³-hybridized carbons (Fsp3) is 0.214. The van der Waals surface area contributed by atoms with Crippen molar-refractivity contribution in [1.82, 2.24) is 10.4 Å². The maximum atomic E-state index is 13.1. The SMILES string of the molecule is Cc1cccnc1C(Cc1cccc(F)c1)NN. The summed E-state index contributed by atoms with van der Waals surface area (Å²) in [7, 11) is 0.